The molecule has 29 heavy (non-hydrogen) atoms. The summed E-state index contributed by atoms with van der Waals surface area (Å²) in [7, 11) is 0. The van der Waals surface area contributed by atoms with Crippen molar-refractivity contribution in [1.29, 1.82) is 0 Å². The summed E-state index contributed by atoms with van der Waals surface area (Å²) in [5, 5.41) is 15.9. The fourth-order valence-corrected chi connectivity index (χ4v) is 4.35. The second-order valence-corrected chi connectivity index (χ2v) is 8.47. The largest absolute Gasteiger partial charge is 0.357 e. The van der Waals surface area contributed by atoms with Gasteiger partial charge >= 0.3 is 0 Å². The lowest BCUT2D eigenvalue weighted by Crippen LogP contribution is -2.48. The Kier molecular flexibility index (Phi) is 9.25. The lowest BCUT2D eigenvalue weighted by atomic mass is 10.0. The van der Waals surface area contributed by atoms with Gasteiger partial charge in [0, 0.05) is 51.6 Å². The molecule has 7 heteroatoms. The average molecular weight is 404 g/mol. The first-order valence-corrected chi connectivity index (χ1v) is 12.0. The number of hydrogen-bond donors (Lipinski definition) is 2. The van der Waals surface area contributed by atoms with Crippen LogP contribution in [0, 0.1) is 0 Å². The number of rotatable bonds is 9. The minimum Gasteiger partial charge on any atom is -0.357 e. The third-order valence-corrected chi connectivity index (χ3v) is 6.12. The van der Waals surface area contributed by atoms with E-state index in [1.54, 1.807) is 0 Å². The van der Waals surface area contributed by atoms with Gasteiger partial charge in [-0.05, 0) is 52.0 Å². The highest BCUT2D eigenvalue weighted by molar-refractivity contribution is 5.80. The molecule has 7 nitrogen and oxygen atoms in total. The SMILES string of the molecule is CCCCN1CCC(NC(=NCCCc2nnc3n2CCCCC3)NCC)CC1. The van der Waals surface area contributed by atoms with Crippen molar-refractivity contribution in [3.8, 4) is 0 Å². The maximum absolute atomic E-state index is 4.83. The van der Waals surface area contributed by atoms with Gasteiger partial charge in [0.25, 0.3) is 0 Å². The topological polar surface area (TPSA) is 70.4 Å². The number of hydrogen-bond acceptors (Lipinski definition) is 4. The van der Waals surface area contributed by atoms with E-state index in [0.717, 1.165) is 50.7 Å². The summed E-state index contributed by atoms with van der Waals surface area (Å²) in [5.41, 5.74) is 0. The molecule has 164 valence electrons. The van der Waals surface area contributed by atoms with Crippen molar-refractivity contribution in [2.75, 3.05) is 32.7 Å². The summed E-state index contributed by atoms with van der Waals surface area (Å²) in [6.07, 6.45) is 11.9. The van der Waals surface area contributed by atoms with Crippen molar-refractivity contribution in [2.24, 2.45) is 4.99 Å². The van der Waals surface area contributed by atoms with E-state index < -0.39 is 0 Å². The number of nitrogens with zero attached hydrogens (tertiary/aromatic N) is 5. The molecule has 1 fully saturated rings. The van der Waals surface area contributed by atoms with E-state index in [9.17, 15) is 0 Å². The summed E-state index contributed by atoms with van der Waals surface area (Å²) in [4.78, 5) is 7.43. The van der Waals surface area contributed by atoms with Gasteiger partial charge in [-0.2, -0.15) is 0 Å². The van der Waals surface area contributed by atoms with E-state index in [0.29, 0.717) is 6.04 Å². The number of piperidine rings is 1. The molecule has 0 atom stereocenters. The average Bonchev–Trinajstić information content (AvgIpc) is 2.96. The number of aryl methyl sites for hydroxylation is 2. The van der Waals surface area contributed by atoms with Gasteiger partial charge in [-0.1, -0.05) is 19.8 Å². The van der Waals surface area contributed by atoms with Crippen LogP contribution in [-0.2, 0) is 19.4 Å². The number of likely N-dealkylation sites (tertiary alicyclic amines) is 1. The molecule has 3 heterocycles. The van der Waals surface area contributed by atoms with Crippen LogP contribution in [0.1, 0.15) is 76.9 Å². The summed E-state index contributed by atoms with van der Waals surface area (Å²) in [6, 6.07) is 0.540. The molecule has 0 saturated carbocycles. The molecule has 1 aromatic heterocycles. The lowest BCUT2D eigenvalue weighted by molar-refractivity contribution is 0.203. The van der Waals surface area contributed by atoms with E-state index in [1.807, 2.05) is 0 Å². The fraction of sp³-hybridized carbons (Fsp3) is 0.864. The zero-order valence-corrected chi connectivity index (χ0v) is 18.6. The smallest absolute Gasteiger partial charge is 0.191 e. The summed E-state index contributed by atoms with van der Waals surface area (Å²) < 4.78 is 2.35. The number of unbranched alkanes of at least 4 members (excludes halogenated alkanes) is 1. The van der Waals surface area contributed by atoms with Crippen molar-refractivity contribution in [2.45, 2.75) is 90.6 Å². The highest BCUT2D eigenvalue weighted by Gasteiger charge is 2.19. The molecular weight excluding hydrogens is 362 g/mol. The third kappa shape index (κ3) is 6.98. The van der Waals surface area contributed by atoms with Crippen LogP contribution in [0.3, 0.4) is 0 Å². The number of fused-ring (bicyclic) bond motifs is 1. The van der Waals surface area contributed by atoms with E-state index in [4.69, 9.17) is 4.99 Å². The van der Waals surface area contributed by atoms with Crippen LogP contribution < -0.4 is 10.6 Å². The molecule has 0 bridgehead atoms. The van der Waals surface area contributed by atoms with Gasteiger partial charge in [-0.3, -0.25) is 4.99 Å². The van der Waals surface area contributed by atoms with Crippen LogP contribution in [0.15, 0.2) is 4.99 Å². The summed E-state index contributed by atoms with van der Waals surface area (Å²) in [6.45, 7) is 10.9. The summed E-state index contributed by atoms with van der Waals surface area (Å²) in [5.74, 6) is 3.30. The normalized spacial score (nSPS) is 19.0. The monoisotopic (exact) mass is 403 g/mol. The Hall–Kier alpha value is -1.63. The molecule has 0 aromatic carbocycles. The molecule has 0 spiro atoms. The van der Waals surface area contributed by atoms with Crippen LogP contribution in [0.4, 0.5) is 0 Å². The minimum absolute atomic E-state index is 0.540. The van der Waals surface area contributed by atoms with Crippen LogP contribution in [0.2, 0.25) is 0 Å². The van der Waals surface area contributed by atoms with Gasteiger partial charge < -0.3 is 20.1 Å². The van der Waals surface area contributed by atoms with Gasteiger partial charge in [-0.25, -0.2) is 0 Å². The van der Waals surface area contributed by atoms with Crippen molar-refractivity contribution in [1.82, 2.24) is 30.3 Å². The number of guanidine groups is 1. The fourth-order valence-electron chi connectivity index (χ4n) is 4.35. The first-order valence-electron chi connectivity index (χ1n) is 12.0. The molecule has 1 saturated heterocycles. The van der Waals surface area contributed by atoms with Crippen LogP contribution >= 0.6 is 0 Å². The number of aliphatic imine (C=N–C) groups is 1. The van der Waals surface area contributed by atoms with E-state index in [-0.39, 0.29) is 0 Å². The second kappa shape index (κ2) is 12.2. The highest BCUT2D eigenvalue weighted by atomic mass is 15.3. The van der Waals surface area contributed by atoms with Crippen molar-refractivity contribution < 1.29 is 0 Å². The zero-order valence-electron chi connectivity index (χ0n) is 18.6. The Balaban J connectivity index is 1.42. The Morgan fingerprint density at radius 1 is 1.07 bits per heavy atom. The molecule has 2 aliphatic rings. The van der Waals surface area contributed by atoms with Gasteiger partial charge in [0.05, 0.1) is 0 Å². The zero-order chi connectivity index (χ0) is 20.3. The van der Waals surface area contributed by atoms with Crippen molar-refractivity contribution >= 4 is 5.96 Å². The highest BCUT2D eigenvalue weighted by Crippen LogP contribution is 2.15. The second-order valence-electron chi connectivity index (χ2n) is 8.47. The van der Waals surface area contributed by atoms with Gasteiger partial charge in [0.15, 0.2) is 5.96 Å². The van der Waals surface area contributed by atoms with E-state index in [2.05, 4.69) is 44.1 Å². The van der Waals surface area contributed by atoms with Gasteiger partial charge in [-0.15, -0.1) is 10.2 Å². The standard InChI is InChI=1S/C22H41N7/c1-3-5-15-28-17-12-19(13-18-28)25-22(23-4-2)24-14-9-11-21-27-26-20-10-7-6-8-16-29(20)21/h19H,3-18H2,1-2H3,(H2,23,24,25). The van der Waals surface area contributed by atoms with Crippen LogP contribution in [0.25, 0.3) is 0 Å². The van der Waals surface area contributed by atoms with Crippen LogP contribution in [0.5, 0.6) is 0 Å². The number of aromatic nitrogens is 3. The van der Waals surface area contributed by atoms with E-state index >= 15 is 0 Å². The molecule has 0 unspecified atom stereocenters. The van der Waals surface area contributed by atoms with E-state index in [1.165, 1.54) is 70.4 Å². The Morgan fingerprint density at radius 2 is 1.93 bits per heavy atom. The van der Waals surface area contributed by atoms with Crippen molar-refractivity contribution in [3.63, 3.8) is 0 Å². The van der Waals surface area contributed by atoms with Crippen LogP contribution in [-0.4, -0.2) is 64.4 Å². The molecule has 1 aromatic rings. The molecular formula is C22H41N7. The first-order chi connectivity index (χ1) is 14.3. The molecule has 2 N–H and O–H groups in total. The third-order valence-electron chi connectivity index (χ3n) is 6.12. The predicted molar refractivity (Wildman–Crippen MR) is 119 cm³/mol. The maximum atomic E-state index is 4.83. The minimum atomic E-state index is 0.540. The summed E-state index contributed by atoms with van der Waals surface area (Å²) >= 11 is 0. The number of nitrogens with one attached hydrogen (secondary N) is 2. The molecule has 2 aliphatic heterocycles. The maximum Gasteiger partial charge on any atom is 0.191 e. The first kappa shape index (κ1) is 22.1. The molecule has 0 radical (unpaired) electrons. The van der Waals surface area contributed by atoms with Crippen molar-refractivity contribution in [3.05, 3.63) is 11.6 Å². The Labute approximate surface area is 176 Å². The van der Waals surface area contributed by atoms with Gasteiger partial charge in [0.1, 0.15) is 11.6 Å². The molecule has 3 rings (SSSR count). The Bertz CT molecular complexity index is 617. The Morgan fingerprint density at radius 3 is 2.72 bits per heavy atom. The molecule has 0 aliphatic carbocycles. The van der Waals surface area contributed by atoms with Gasteiger partial charge in [0.2, 0.25) is 0 Å². The quantitative estimate of drug-likeness (QED) is 0.377. The predicted octanol–water partition coefficient (Wildman–Crippen LogP) is 2.76. The molecule has 0 amide bonds. The lowest BCUT2D eigenvalue weighted by Gasteiger charge is -2.33.